The molecule has 8 nitrogen and oxygen atoms in total. The summed E-state index contributed by atoms with van der Waals surface area (Å²) in [5.41, 5.74) is 1.82. The number of benzene rings is 3. The fourth-order valence-electron chi connectivity index (χ4n) is 4.08. The number of aromatic hydroxyl groups is 1. The van der Waals surface area contributed by atoms with Gasteiger partial charge in [0.25, 0.3) is 5.78 Å². The lowest BCUT2D eigenvalue weighted by Gasteiger charge is -2.23. The van der Waals surface area contributed by atoms with Gasteiger partial charge >= 0.3 is 5.91 Å². The Labute approximate surface area is 234 Å². The van der Waals surface area contributed by atoms with E-state index in [0.717, 1.165) is 5.56 Å². The van der Waals surface area contributed by atoms with E-state index in [1.54, 1.807) is 36.4 Å². The van der Waals surface area contributed by atoms with E-state index in [0.29, 0.717) is 25.7 Å². The Kier molecular flexibility index (Phi) is 7.50. The average molecular weight is 611 g/mol. The molecule has 0 radical (unpaired) electrons. The molecular formula is C27H20BrN3O5S2. The maximum atomic E-state index is 13.4. The molecule has 1 amide bonds. The van der Waals surface area contributed by atoms with E-state index in [1.807, 2.05) is 30.3 Å². The predicted octanol–water partition coefficient (Wildman–Crippen LogP) is 5.93. The number of Topliss-reactive ketones (excluding diaryl/α,β-unsaturated/α-hetero) is 1. The van der Waals surface area contributed by atoms with Gasteiger partial charge in [0, 0.05) is 11.3 Å². The summed E-state index contributed by atoms with van der Waals surface area (Å²) in [6, 6.07) is 20.5. The maximum Gasteiger partial charge on any atom is 0.301 e. The highest BCUT2D eigenvalue weighted by Gasteiger charge is 2.48. The number of aliphatic hydroxyl groups excluding tert-OH is 1. The van der Waals surface area contributed by atoms with Gasteiger partial charge in [-0.25, -0.2) is 0 Å². The zero-order valence-corrected chi connectivity index (χ0v) is 23.1. The van der Waals surface area contributed by atoms with Crippen LogP contribution in [0.15, 0.2) is 87.2 Å². The van der Waals surface area contributed by atoms with Crippen molar-refractivity contribution in [3.05, 3.63) is 99.5 Å². The monoisotopic (exact) mass is 609 g/mol. The molecule has 1 aromatic heterocycles. The number of rotatable bonds is 7. The topological polar surface area (TPSA) is 113 Å². The van der Waals surface area contributed by atoms with Crippen molar-refractivity contribution >= 4 is 61.6 Å². The number of hydrogen-bond acceptors (Lipinski definition) is 9. The molecule has 2 N–H and O–H groups in total. The van der Waals surface area contributed by atoms with Gasteiger partial charge in [-0.3, -0.25) is 14.5 Å². The molecule has 4 aromatic rings. The van der Waals surface area contributed by atoms with Gasteiger partial charge in [0.2, 0.25) is 5.13 Å². The molecule has 0 aliphatic carbocycles. The number of aromatic nitrogens is 2. The number of ketones is 1. The molecule has 5 rings (SSSR count). The number of aliphatic hydroxyl groups is 1. The minimum Gasteiger partial charge on any atom is -0.507 e. The largest absolute Gasteiger partial charge is 0.507 e. The van der Waals surface area contributed by atoms with Gasteiger partial charge in [-0.15, -0.1) is 10.2 Å². The molecule has 192 valence electrons. The van der Waals surface area contributed by atoms with E-state index in [9.17, 15) is 19.8 Å². The summed E-state index contributed by atoms with van der Waals surface area (Å²) < 4.78 is 6.23. The molecule has 38 heavy (non-hydrogen) atoms. The van der Waals surface area contributed by atoms with Crippen LogP contribution < -0.4 is 9.64 Å². The van der Waals surface area contributed by atoms with Crippen LogP contribution in [0.4, 0.5) is 5.13 Å². The Morgan fingerprint density at radius 3 is 2.45 bits per heavy atom. The number of carbonyl (C=O) groups excluding carboxylic acids is 2. The Balaban J connectivity index is 1.60. The smallest absolute Gasteiger partial charge is 0.301 e. The fourth-order valence-corrected chi connectivity index (χ4v) is 6.36. The zero-order chi connectivity index (χ0) is 26.8. The van der Waals surface area contributed by atoms with Crippen molar-refractivity contribution in [3.63, 3.8) is 0 Å². The molecule has 1 saturated heterocycles. The summed E-state index contributed by atoms with van der Waals surface area (Å²) in [6.07, 6.45) is 0. The molecular weight excluding hydrogens is 590 g/mol. The average Bonchev–Trinajstić information content (AvgIpc) is 3.51. The minimum absolute atomic E-state index is 0.102. The summed E-state index contributed by atoms with van der Waals surface area (Å²) in [5.74, 6) is -1.35. The van der Waals surface area contributed by atoms with Gasteiger partial charge in [0.05, 0.1) is 23.2 Å². The van der Waals surface area contributed by atoms with Crippen LogP contribution in [0.1, 0.15) is 22.7 Å². The number of ether oxygens (including phenoxy) is 1. The van der Waals surface area contributed by atoms with Crippen LogP contribution in [0.25, 0.3) is 5.76 Å². The van der Waals surface area contributed by atoms with Crippen LogP contribution in [0.2, 0.25) is 0 Å². The Morgan fingerprint density at radius 2 is 1.76 bits per heavy atom. The third-order valence-corrected chi connectivity index (χ3v) is 8.62. The van der Waals surface area contributed by atoms with Crippen molar-refractivity contribution in [1.29, 1.82) is 0 Å². The number of phenols is 1. The van der Waals surface area contributed by atoms with Crippen LogP contribution in [0.5, 0.6) is 11.5 Å². The number of amides is 1. The molecule has 1 atom stereocenters. The lowest BCUT2D eigenvalue weighted by Crippen LogP contribution is -2.29. The molecule has 11 heteroatoms. The molecule has 1 fully saturated rings. The number of nitrogens with zero attached hydrogens (tertiary/aromatic N) is 3. The first-order valence-electron chi connectivity index (χ1n) is 11.3. The second-order valence-electron chi connectivity index (χ2n) is 8.21. The van der Waals surface area contributed by atoms with Crippen LogP contribution in [-0.4, -0.2) is 39.2 Å². The van der Waals surface area contributed by atoms with E-state index in [-0.39, 0.29) is 28.0 Å². The third kappa shape index (κ3) is 4.92. The van der Waals surface area contributed by atoms with E-state index in [1.165, 1.54) is 41.2 Å². The summed E-state index contributed by atoms with van der Waals surface area (Å²) >= 11 is 5.96. The van der Waals surface area contributed by atoms with Gasteiger partial charge < -0.3 is 14.9 Å². The molecule has 1 aliphatic rings. The third-order valence-electron chi connectivity index (χ3n) is 5.89. The van der Waals surface area contributed by atoms with Gasteiger partial charge in [-0.05, 0) is 39.2 Å². The van der Waals surface area contributed by atoms with Crippen molar-refractivity contribution in [2.75, 3.05) is 12.0 Å². The van der Waals surface area contributed by atoms with Crippen LogP contribution >= 0.6 is 39.0 Å². The second-order valence-corrected chi connectivity index (χ2v) is 11.2. The van der Waals surface area contributed by atoms with E-state index < -0.39 is 17.7 Å². The summed E-state index contributed by atoms with van der Waals surface area (Å²) in [7, 11) is 1.40. The van der Waals surface area contributed by atoms with Crippen molar-refractivity contribution in [3.8, 4) is 11.5 Å². The normalized spacial score (nSPS) is 16.7. The maximum absolute atomic E-state index is 13.4. The molecule has 1 unspecified atom stereocenters. The van der Waals surface area contributed by atoms with Crippen LogP contribution in [-0.2, 0) is 15.3 Å². The fraction of sp³-hybridized carbons (Fsp3) is 0.111. The summed E-state index contributed by atoms with van der Waals surface area (Å²) in [4.78, 5) is 28.0. The number of anilines is 1. The number of halogens is 1. The SMILES string of the molecule is COc1cc(C2/C(=C(/O)c3ccccc3)C(=O)C(=O)N2c2nnc(SCc3ccccc3)s2)cc(Br)c1O. The highest BCUT2D eigenvalue weighted by Crippen LogP contribution is 2.47. The molecule has 1 aliphatic heterocycles. The van der Waals surface area contributed by atoms with Gasteiger partial charge in [0.15, 0.2) is 15.8 Å². The summed E-state index contributed by atoms with van der Waals surface area (Å²) in [6.45, 7) is 0. The first-order chi connectivity index (χ1) is 18.4. The van der Waals surface area contributed by atoms with E-state index in [2.05, 4.69) is 26.1 Å². The molecule has 0 bridgehead atoms. The van der Waals surface area contributed by atoms with Gasteiger partial charge in [0.1, 0.15) is 5.76 Å². The summed E-state index contributed by atoms with van der Waals surface area (Å²) in [5, 5.41) is 30.2. The first-order valence-corrected chi connectivity index (χ1v) is 13.9. The zero-order valence-electron chi connectivity index (χ0n) is 19.9. The van der Waals surface area contributed by atoms with E-state index >= 15 is 0 Å². The Bertz CT molecular complexity index is 1540. The highest BCUT2D eigenvalue weighted by atomic mass is 79.9. The second kappa shape index (κ2) is 11.0. The minimum atomic E-state index is -1.04. The lowest BCUT2D eigenvalue weighted by atomic mass is 9.95. The predicted molar refractivity (Wildman–Crippen MR) is 149 cm³/mol. The molecule has 2 heterocycles. The Hall–Kier alpha value is -3.67. The van der Waals surface area contributed by atoms with Crippen LogP contribution in [0.3, 0.4) is 0 Å². The van der Waals surface area contributed by atoms with Crippen molar-refractivity contribution in [1.82, 2.24) is 10.2 Å². The molecule has 0 spiro atoms. The first kappa shape index (κ1) is 26.0. The standard InChI is InChI=1S/C27H20BrN3O5S2/c1-36-19-13-17(12-18(28)23(19)33)21-20(22(32)16-10-6-3-7-11-16)24(34)25(35)31(21)26-29-30-27(38-26)37-14-15-8-4-2-5-9-15/h2-13,21,32-33H,14H2,1H3/b22-20-. The number of phenolic OH excluding ortho intramolecular Hbond substituents is 1. The number of hydrogen-bond donors (Lipinski definition) is 2. The van der Waals surface area contributed by atoms with Crippen molar-refractivity contribution in [2.24, 2.45) is 0 Å². The van der Waals surface area contributed by atoms with Crippen LogP contribution in [0, 0.1) is 0 Å². The van der Waals surface area contributed by atoms with E-state index in [4.69, 9.17) is 4.74 Å². The lowest BCUT2D eigenvalue weighted by molar-refractivity contribution is -0.132. The van der Waals surface area contributed by atoms with Gasteiger partial charge in [-0.2, -0.15) is 0 Å². The number of thioether (sulfide) groups is 1. The number of methoxy groups -OCH3 is 1. The quantitative estimate of drug-likeness (QED) is 0.0871. The number of carbonyl (C=O) groups is 2. The molecule has 0 saturated carbocycles. The van der Waals surface area contributed by atoms with Crippen molar-refractivity contribution in [2.45, 2.75) is 16.1 Å². The highest BCUT2D eigenvalue weighted by molar-refractivity contribution is 9.10. The van der Waals surface area contributed by atoms with Gasteiger partial charge in [-0.1, -0.05) is 83.8 Å². The van der Waals surface area contributed by atoms with Crippen molar-refractivity contribution < 1.29 is 24.5 Å². The Morgan fingerprint density at radius 1 is 1.08 bits per heavy atom. The molecule has 3 aromatic carbocycles.